The number of nitrogens with zero attached hydrogens (tertiary/aromatic N) is 2. The van der Waals surface area contributed by atoms with Gasteiger partial charge in [0, 0.05) is 25.5 Å². The fourth-order valence-corrected chi connectivity index (χ4v) is 5.46. The zero-order valence-corrected chi connectivity index (χ0v) is 26.6. The monoisotopic (exact) mass is 674 g/mol. The van der Waals surface area contributed by atoms with Gasteiger partial charge < -0.3 is 65.7 Å². The Balaban J connectivity index is 0.00000705. The fourth-order valence-electron chi connectivity index (χ4n) is 4.52. The van der Waals surface area contributed by atoms with Crippen LogP contribution in [0.5, 0.6) is 0 Å². The average molecular weight is 674 g/mol. The van der Waals surface area contributed by atoms with Crippen molar-refractivity contribution in [1.82, 2.24) is 14.9 Å². The zero-order valence-electron chi connectivity index (χ0n) is 23.7. The predicted octanol–water partition coefficient (Wildman–Crippen LogP) is -8.51. The number of nitrogens with one attached hydrogen (secondary N) is 1. The van der Waals surface area contributed by atoms with E-state index in [4.69, 9.17) is 26.2 Å². The van der Waals surface area contributed by atoms with Crippen molar-refractivity contribution in [3.63, 3.8) is 0 Å². The minimum absolute atomic E-state index is 0. The molecule has 246 valence electrons. The van der Waals surface area contributed by atoms with Gasteiger partial charge in [-0.25, -0.2) is 9.59 Å². The second-order valence-electron chi connectivity index (χ2n) is 9.87. The van der Waals surface area contributed by atoms with Gasteiger partial charge >= 0.3 is 41.2 Å². The van der Waals surface area contributed by atoms with Gasteiger partial charge in [0.15, 0.2) is 6.23 Å². The van der Waals surface area contributed by atoms with E-state index >= 15 is 0 Å². The van der Waals surface area contributed by atoms with E-state index in [9.17, 15) is 59.6 Å². The van der Waals surface area contributed by atoms with Gasteiger partial charge in [-0.2, -0.15) is 4.98 Å². The Morgan fingerprint density at radius 1 is 1.33 bits per heavy atom. The molecule has 3 rings (SSSR count). The molecule has 0 spiro atoms. The fraction of sp³-hybridized carbons (Fsp3) is 0.652. The molecular weight excluding hydrogens is 642 g/mol. The number of anilines is 1. The summed E-state index contributed by atoms with van der Waals surface area (Å²) in [6.07, 6.45) is -10.3. The SMILES string of the molecule is C#CCCC(=O)NC1C(O)CC(OP(=O)([O-])OCC2OC(n3ccc(N)nc3=O)C(O)C2O)(C(=O)O)OC1C(O)C(O)CO.[Na+]. The molecule has 11 unspecified atom stereocenters. The Hall–Kier alpha value is -2.03. The zero-order chi connectivity index (χ0) is 33.0. The van der Waals surface area contributed by atoms with E-state index in [1.165, 1.54) is 6.07 Å². The van der Waals surface area contributed by atoms with E-state index < -0.39 is 106 Å². The number of aliphatic hydroxyl groups excluding tert-OH is 6. The molecule has 3 heterocycles. The molecule has 1 amide bonds. The molecule has 2 aliphatic rings. The number of phosphoric ester groups is 1. The number of hydrogen-bond donors (Lipinski definition) is 9. The van der Waals surface area contributed by atoms with Crippen molar-refractivity contribution in [3.8, 4) is 12.3 Å². The summed E-state index contributed by atoms with van der Waals surface area (Å²) in [6.45, 7) is -2.18. The predicted molar refractivity (Wildman–Crippen MR) is 138 cm³/mol. The number of carboxylic acid groups (broad SMARTS) is 1. The number of nitrogens with two attached hydrogens (primary N) is 1. The molecule has 11 atom stereocenters. The van der Waals surface area contributed by atoms with Crippen molar-refractivity contribution < 1.29 is 103 Å². The van der Waals surface area contributed by atoms with E-state index in [0.717, 1.165) is 10.8 Å². The molecule has 2 saturated heterocycles. The Labute approximate surface area is 276 Å². The minimum atomic E-state index is -5.80. The number of rotatable bonds is 13. The molecule has 22 heteroatoms. The van der Waals surface area contributed by atoms with Crippen LogP contribution in [0.3, 0.4) is 0 Å². The van der Waals surface area contributed by atoms with Gasteiger partial charge in [-0.1, -0.05) is 0 Å². The topological polar surface area (TPSA) is 326 Å². The van der Waals surface area contributed by atoms with Crippen molar-refractivity contribution in [3.05, 3.63) is 22.7 Å². The van der Waals surface area contributed by atoms with Crippen LogP contribution < -0.4 is 51.2 Å². The number of nitrogen functional groups attached to an aromatic ring is 1. The summed E-state index contributed by atoms with van der Waals surface area (Å²) in [4.78, 5) is 52.8. The number of ether oxygens (including phenoxy) is 2. The molecule has 2 aliphatic heterocycles. The molecule has 20 nitrogen and oxygen atoms in total. The molecule has 0 aromatic carbocycles. The third kappa shape index (κ3) is 9.29. The van der Waals surface area contributed by atoms with E-state index in [2.05, 4.69) is 20.7 Å². The molecule has 10 N–H and O–H groups in total. The van der Waals surface area contributed by atoms with E-state index in [-0.39, 0.29) is 48.2 Å². The Bertz CT molecular complexity index is 1350. The molecule has 45 heavy (non-hydrogen) atoms. The summed E-state index contributed by atoms with van der Waals surface area (Å²) in [6, 6.07) is -0.458. The maximum atomic E-state index is 12.8. The van der Waals surface area contributed by atoms with Gasteiger partial charge in [-0.15, -0.1) is 12.3 Å². The van der Waals surface area contributed by atoms with Crippen LogP contribution in [0, 0.1) is 12.3 Å². The van der Waals surface area contributed by atoms with Crippen molar-refractivity contribution in [2.24, 2.45) is 0 Å². The van der Waals surface area contributed by atoms with E-state index in [0.29, 0.717) is 0 Å². The molecule has 0 aliphatic carbocycles. The summed E-state index contributed by atoms with van der Waals surface area (Å²) in [5.74, 6) is -4.18. The average Bonchev–Trinajstić information content (AvgIpc) is 3.23. The van der Waals surface area contributed by atoms with E-state index in [1.807, 2.05) is 0 Å². The van der Waals surface area contributed by atoms with Crippen molar-refractivity contribution >= 4 is 25.5 Å². The number of aromatic nitrogens is 2. The summed E-state index contributed by atoms with van der Waals surface area (Å²) in [7, 11) is -5.80. The Morgan fingerprint density at radius 3 is 2.58 bits per heavy atom. The Kier molecular flexibility index (Phi) is 14.1. The summed E-state index contributed by atoms with van der Waals surface area (Å²) in [5, 5.41) is 73.3. The van der Waals surface area contributed by atoms with Crippen molar-refractivity contribution in [2.45, 2.75) is 80.0 Å². The number of carboxylic acids is 1. The maximum absolute atomic E-state index is 12.8. The number of hydrogen-bond acceptors (Lipinski definition) is 17. The van der Waals surface area contributed by atoms with Gasteiger partial charge in [-0.3, -0.25) is 18.5 Å². The summed E-state index contributed by atoms with van der Waals surface area (Å²) in [5.41, 5.74) is 4.45. The van der Waals surface area contributed by atoms with Crippen LogP contribution in [-0.2, 0) is 32.7 Å². The first-order chi connectivity index (χ1) is 20.6. The summed E-state index contributed by atoms with van der Waals surface area (Å²) >= 11 is 0. The number of aliphatic carboxylic acids is 1. The largest absolute Gasteiger partial charge is 1.00 e. The van der Waals surface area contributed by atoms with Crippen LogP contribution in [0.1, 0.15) is 25.5 Å². The minimum Gasteiger partial charge on any atom is -0.756 e. The van der Waals surface area contributed by atoms with Crippen LogP contribution in [0.15, 0.2) is 17.1 Å². The second-order valence-corrected chi connectivity index (χ2v) is 11.2. The number of carbonyl (C=O) groups excluding carboxylic acids is 1. The van der Waals surface area contributed by atoms with Crippen molar-refractivity contribution in [1.29, 1.82) is 0 Å². The Morgan fingerprint density at radius 2 is 2.00 bits per heavy atom. The van der Waals surface area contributed by atoms with Gasteiger partial charge in [0.05, 0.1) is 25.4 Å². The summed E-state index contributed by atoms with van der Waals surface area (Å²) < 4.78 is 33.5. The molecule has 0 bridgehead atoms. The number of carbonyl (C=O) groups is 2. The molecular formula is C23H32N4NaO16P. The smallest absolute Gasteiger partial charge is 0.756 e. The van der Waals surface area contributed by atoms with Gasteiger partial charge in [-0.05, 0) is 6.07 Å². The molecule has 0 saturated carbocycles. The van der Waals surface area contributed by atoms with Gasteiger partial charge in [0.1, 0.15) is 42.4 Å². The van der Waals surface area contributed by atoms with Crippen molar-refractivity contribution in [2.75, 3.05) is 18.9 Å². The van der Waals surface area contributed by atoms with Crippen LogP contribution in [0.2, 0.25) is 0 Å². The first kappa shape index (κ1) is 39.1. The normalized spacial score (nSPS) is 32.4. The number of aliphatic hydroxyl groups is 6. The quantitative estimate of drug-likeness (QED) is 0.0533. The number of amides is 1. The van der Waals surface area contributed by atoms with Crippen LogP contribution in [0.4, 0.5) is 5.82 Å². The molecule has 1 aromatic rings. The standard InChI is InChI=1S/C23H33N4O16P.Na/c1-2-3-4-14(31)26-15-10(29)7-23(21(35)36,42-19(15)16(32)11(30)8-28)43-44(38,39)40-9-12-17(33)18(34)20(41-12)27-6-5-13(24)25-22(27)37;/h1,5-6,10-12,15-20,28-30,32-34H,3-4,7-9H2,(H,26,31)(H,35,36)(H,38,39)(H2,24,25,37);/q;+1/p-1. The van der Waals surface area contributed by atoms with Gasteiger partial charge in [0.2, 0.25) is 5.91 Å². The molecule has 2 fully saturated rings. The van der Waals surface area contributed by atoms with E-state index in [1.54, 1.807) is 0 Å². The third-order valence-corrected chi connectivity index (χ3v) is 7.74. The van der Waals surface area contributed by atoms with Crippen LogP contribution in [0.25, 0.3) is 0 Å². The molecule has 0 radical (unpaired) electrons. The second kappa shape index (κ2) is 16.2. The van der Waals surface area contributed by atoms with Gasteiger partial charge in [0.25, 0.3) is 13.6 Å². The molecule has 1 aromatic heterocycles. The third-order valence-electron chi connectivity index (χ3n) is 6.76. The number of terminal acetylenes is 1. The number of phosphoric acid groups is 1. The van der Waals surface area contributed by atoms with Crippen LogP contribution >= 0.6 is 7.82 Å². The first-order valence-corrected chi connectivity index (χ1v) is 14.3. The van der Waals surface area contributed by atoms with Crippen LogP contribution in [-0.4, -0.2) is 125 Å². The maximum Gasteiger partial charge on any atom is 1.00 e. The first-order valence-electron chi connectivity index (χ1n) is 12.9.